The van der Waals surface area contributed by atoms with Crippen molar-refractivity contribution in [3.63, 3.8) is 0 Å². The Hall–Kier alpha value is -2.28. The lowest BCUT2D eigenvalue weighted by molar-refractivity contribution is -0.660. The lowest BCUT2D eigenvalue weighted by Crippen LogP contribution is -2.31. The van der Waals surface area contributed by atoms with Crippen molar-refractivity contribution in [1.82, 2.24) is 0 Å². The Balaban J connectivity index is 2.83. The number of nitriles is 1. The first-order valence-electron chi connectivity index (χ1n) is 5.81. The summed E-state index contributed by atoms with van der Waals surface area (Å²) in [4.78, 5) is 0. The van der Waals surface area contributed by atoms with Crippen LogP contribution < -0.4 is 4.57 Å². The van der Waals surface area contributed by atoms with Gasteiger partial charge in [-0.05, 0) is 31.0 Å². The largest absolute Gasteiger partial charge is 0.215 e. The molecule has 0 fully saturated rings. The van der Waals surface area contributed by atoms with Gasteiger partial charge < -0.3 is 0 Å². The highest BCUT2D eigenvalue weighted by Crippen LogP contribution is 2.28. The predicted octanol–water partition coefficient (Wildman–Crippen LogP) is 2.94. The lowest BCUT2D eigenvalue weighted by Gasteiger charge is -2.08. The summed E-state index contributed by atoms with van der Waals surface area (Å²) in [5, 5.41) is 8.85. The fourth-order valence-electron chi connectivity index (χ4n) is 2.08. The molecule has 0 atom stereocenters. The molecule has 0 aliphatic heterocycles. The van der Waals surface area contributed by atoms with Gasteiger partial charge in [-0.2, -0.15) is 5.26 Å². The third-order valence-corrected chi connectivity index (χ3v) is 3.09. The van der Waals surface area contributed by atoms with E-state index in [1.807, 2.05) is 19.1 Å². The van der Waals surface area contributed by atoms with Crippen molar-refractivity contribution < 1.29 is 13.3 Å². The predicted molar refractivity (Wildman–Crippen MR) is 67.2 cm³/mol. The molecule has 0 amide bonds. The van der Waals surface area contributed by atoms with Crippen LogP contribution in [0.3, 0.4) is 0 Å². The van der Waals surface area contributed by atoms with Gasteiger partial charge in [0.25, 0.3) is 0 Å². The van der Waals surface area contributed by atoms with E-state index < -0.39 is 17.2 Å². The molecule has 1 heterocycles. The maximum Gasteiger partial charge on any atom is 0.215 e. The van der Waals surface area contributed by atoms with Gasteiger partial charge in [-0.15, -0.1) is 0 Å². The molecule has 4 heteroatoms. The highest BCUT2D eigenvalue weighted by atomic mass is 19.1. The summed E-state index contributed by atoms with van der Waals surface area (Å²) < 4.78 is 29.6. The molecule has 0 saturated carbocycles. The van der Waals surface area contributed by atoms with Crippen LogP contribution in [0.15, 0.2) is 24.4 Å². The summed E-state index contributed by atoms with van der Waals surface area (Å²) in [6.45, 7) is 3.52. The van der Waals surface area contributed by atoms with E-state index in [1.165, 1.54) is 6.07 Å². The van der Waals surface area contributed by atoms with E-state index in [-0.39, 0.29) is 5.56 Å². The third kappa shape index (κ3) is 2.19. The van der Waals surface area contributed by atoms with E-state index in [2.05, 4.69) is 0 Å². The first kappa shape index (κ1) is 13.2. The van der Waals surface area contributed by atoms with E-state index in [1.54, 1.807) is 30.8 Å². The van der Waals surface area contributed by atoms with Gasteiger partial charge in [0.1, 0.15) is 24.5 Å². The smallest absolute Gasteiger partial charge is 0.205 e. The van der Waals surface area contributed by atoms with Gasteiger partial charge in [0.2, 0.25) is 5.69 Å². The molecule has 2 rings (SSSR count). The summed E-state index contributed by atoms with van der Waals surface area (Å²) >= 11 is 0. The first-order chi connectivity index (χ1) is 8.95. The first-order valence-corrected chi connectivity index (χ1v) is 5.81. The monoisotopic (exact) mass is 259 g/mol. The zero-order valence-corrected chi connectivity index (χ0v) is 11.0. The Morgan fingerprint density at radius 2 is 1.89 bits per heavy atom. The van der Waals surface area contributed by atoms with Gasteiger partial charge in [0.05, 0.1) is 5.56 Å². The number of aromatic nitrogens is 1. The van der Waals surface area contributed by atoms with Crippen LogP contribution in [0.5, 0.6) is 0 Å². The van der Waals surface area contributed by atoms with Crippen molar-refractivity contribution in [2.45, 2.75) is 13.8 Å². The van der Waals surface area contributed by atoms with Gasteiger partial charge >= 0.3 is 0 Å². The molecule has 1 aromatic heterocycles. The fraction of sp³-hybridized carbons (Fsp3) is 0.200. The minimum absolute atomic E-state index is 0.268. The van der Waals surface area contributed by atoms with E-state index in [4.69, 9.17) is 5.26 Å². The summed E-state index contributed by atoms with van der Waals surface area (Å²) in [6.07, 6.45) is 1.80. The zero-order valence-electron chi connectivity index (χ0n) is 11.0. The number of benzene rings is 1. The molecule has 0 aliphatic carbocycles. The molecule has 0 N–H and O–H groups in total. The Morgan fingerprint density at radius 3 is 2.53 bits per heavy atom. The molecule has 96 valence electrons. The van der Waals surface area contributed by atoms with Crippen LogP contribution in [0, 0.1) is 36.8 Å². The van der Waals surface area contributed by atoms with Crippen molar-refractivity contribution in [2.75, 3.05) is 0 Å². The average molecular weight is 259 g/mol. The van der Waals surface area contributed by atoms with Crippen LogP contribution in [0.25, 0.3) is 11.3 Å². The SMILES string of the molecule is Cc1cc[n+](C)c(-c2c(C)cc(F)c(C#N)c2F)c1. The Bertz CT molecular complexity index is 700. The van der Waals surface area contributed by atoms with Crippen LogP contribution in [0.1, 0.15) is 16.7 Å². The van der Waals surface area contributed by atoms with Crippen LogP contribution >= 0.6 is 0 Å². The molecule has 0 bridgehead atoms. The van der Waals surface area contributed by atoms with Crippen molar-refractivity contribution in [3.05, 3.63) is 52.7 Å². The Labute approximate surface area is 110 Å². The molecule has 2 nitrogen and oxygen atoms in total. The van der Waals surface area contributed by atoms with Gasteiger partial charge in [0.15, 0.2) is 12.0 Å². The number of nitrogens with zero attached hydrogens (tertiary/aromatic N) is 2. The van der Waals surface area contributed by atoms with Crippen LogP contribution in [-0.2, 0) is 7.05 Å². The highest BCUT2D eigenvalue weighted by Gasteiger charge is 2.23. The summed E-state index contributed by atoms with van der Waals surface area (Å²) in [6, 6.07) is 6.47. The van der Waals surface area contributed by atoms with E-state index in [0.717, 1.165) is 5.56 Å². The fourth-order valence-corrected chi connectivity index (χ4v) is 2.08. The van der Waals surface area contributed by atoms with Crippen molar-refractivity contribution >= 4 is 0 Å². The lowest BCUT2D eigenvalue weighted by atomic mass is 9.99. The standard InChI is InChI=1S/C15H13F2N2/c1-9-4-5-19(3)13(6-9)14-10(2)7-12(16)11(8-18)15(14)17/h4-7H,1-3H3/q+1. The zero-order chi connectivity index (χ0) is 14.2. The Kier molecular flexibility index (Phi) is 3.30. The quantitative estimate of drug-likeness (QED) is 0.723. The van der Waals surface area contributed by atoms with Gasteiger partial charge in [-0.3, -0.25) is 0 Å². The number of hydrogen-bond donors (Lipinski definition) is 0. The summed E-state index contributed by atoms with van der Waals surface area (Å²) in [7, 11) is 1.78. The van der Waals surface area contributed by atoms with E-state index in [0.29, 0.717) is 11.3 Å². The average Bonchev–Trinajstić information content (AvgIpc) is 2.33. The van der Waals surface area contributed by atoms with Crippen molar-refractivity contribution in [3.8, 4) is 17.3 Å². The second-order valence-corrected chi connectivity index (χ2v) is 4.55. The normalized spacial score (nSPS) is 10.3. The molecule has 0 radical (unpaired) electrons. The number of pyridine rings is 1. The Morgan fingerprint density at radius 1 is 1.21 bits per heavy atom. The molecule has 19 heavy (non-hydrogen) atoms. The van der Waals surface area contributed by atoms with Crippen molar-refractivity contribution in [2.24, 2.45) is 7.05 Å². The van der Waals surface area contributed by atoms with Gasteiger partial charge in [-0.25, -0.2) is 13.3 Å². The van der Waals surface area contributed by atoms with Crippen LogP contribution in [-0.4, -0.2) is 0 Å². The van der Waals surface area contributed by atoms with Gasteiger partial charge in [-0.1, -0.05) is 0 Å². The molecule has 0 aliphatic rings. The molecule has 1 aromatic carbocycles. The molecule has 0 spiro atoms. The number of rotatable bonds is 1. The van der Waals surface area contributed by atoms with Crippen LogP contribution in [0.2, 0.25) is 0 Å². The topological polar surface area (TPSA) is 27.7 Å². The minimum Gasteiger partial charge on any atom is -0.205 e. The molecular weight excluding hydrogens is 246 g/mol. The maximum absolute atomic E-state index is 14.3. The molecular formula is C15H13F2N2+. The summed E-state index contributed by atoms with van der Waals surface area (Å²) in [5.41, 5.74) is 1.78. The van der Waals surface area contributed by atoms with E-state index in [9.17, 15) is 8.78 Å². The second kappa shape index (κ2) is 4.77. The molecule has 2 aromatic rings. The minimum atomic E-state index is -0.823. The van der Waals surface area contributed by atoms with Crippen molar-refractivity contribution in [1.29, 1.82) is 5.26 Å². The van der Waals surface area contributed by atoms with Gasteiger partial charge in [0, 0.05) is 12.1 Å². The summed E-state index contributed by atoms with van der Waals surface area (Å²) in [5.74, 6) is -1.63. The molecule has 0 unspecified atom stereocenters. The third-order valence-electron chi connectivity index (χ3n) is 3.09. The molecule has 0 saturated heterocycles. The highest BCUT2D eigenvalue weighted by molar-refractivity contribution is 5.65. The maximum atomic E-state index is 14.3. The number of aryl methyl sites for hydroxylation is 3. The second-order valence-electron chi connectivity index (χ2n) is 4.55. The van der Waals surface area contributed by atoms with Crippen LogP contribution in [0.4, 0.5) is 8.78 Å². The van der Waals surface area contributed by atoms with E-state index >= 15 is 0 Å². The number of halogens is 2. The number of hydrogen-bond acceptors (Lipinski definition) is 1.